The Hall–Kier alpha value is -1.56. The van der Waals surface area contributed by atoms with Gasteiger partial charge in [-0.2, -0.15) is 0 Å². The fourth-order valence-corrected chi connectivity index (χ4v) is 4.99. The first-order chi connectivity index (χ1) is 14.2. The highest BCUT2D eigenvalue weighted by atomic mass is 35.5. The molecule has 2 saturated heterocycles. The second kappa shape index (κ2) is 9.71. The van der Waals surface area contributed by atoms with Gasteiger partial charge in [0, 0.05) is 50.4 Å². The quantitative estimate of drug-likeness (QED) is 0.660. The van der Waals surface area contributed by atoms with Crippen molar-refractivity contribution in [2.24, 2.45) is 0 Å². The maximum atomic E-state index is 6.50. The third-order valence-electron chi connectivity index (χ3n) is 7.04. The van der Waals surface area contributed by atoms with Crippen LogP contribution in [0.5, 0.6) is 0 Å². The first kappa shape index (κ1) is 21.7. The number of aromatic nitrogens is 1. The fraction of sp³-hybridized carbons (Fsp3) is 0.625. The number of benzene rings is 1. The zero-order valence-electron chi connectivity index (χ0n) is 18.0. The van der Waals surface area contributed by atoms with Crippen molar-refractivity contribution in [3.63, 3.8) is 0 Å². The maximum absolute atomic E-state index is 6.50. The van der Waals surface area contributed by atoms with Gasteiger partial charge in [0.25, 0.3) is 0 Å². The molecule has 1 aromatic carbocycles. The molecule has 30 heavy (non-hydrogen) atoms. The highest BCUT2D eigenvalue weighted by Crippen LogP contribution is 2.30. The molecule has 5 nitrogen and oxygen atoms in total. The number of aryl methyl sites for hydroxylation is 1. The number of oxazole rings is 1. The number of anilines is 1. The lowest BCUT2D eigenvalue weighted by Crippen LogP contribution is -2.47. The predicted molar refractivity (Wildman–Crippen MR) is 122 cm³/mol. The molecule has 1 aliphatic carbocycles. The molecule has 2 aromatic rings. The van der Waals surface area contributed by atoms with Crippen LogP contribution in [0.4, 0.5) is 5.69 Å². The van der Waals surface area contributed by atoms with E-state index >= 15 is 0 Å². The molecule has 0 amide bonds. The predicted octanol–water partition coefficient (Wildman–Crippen LogP) is 5.07. The topological polar surface area (TPSA) is 41.7 Å². The van der Waals surface area contributed by atoms with Crippen molar-refractivity contribution in [3.05, 3.63) is 36.4 Å². The number of hydrogen-bond donors (Lipinski definition) is 0. The normalized spacial score (nSPS) is 22.0. The molecule has 3 aliphatic rings. The summed E-state index contributed by atoms with van der Waals surface area (Å²) in [4.78, 5) is 9.60. The van der Waals surface area contributed by atoms with Crippen molar-refractivity contribution >= 4 is 18.1 Å². The van der Waals surface area contributed by atoms with Crippen molar-refractivity contribution in [2.45, 2.75) is 70.1 Å². The number of rotatable bonds is 5. The van der Waals surface area contributed by atoms with Gasteiger partial charge in [0.15, 0.2) is 5.89 Å². The van der Waals surface area contributed by atoms with Crippen LogP contribution in [-0.2, 0) is 4.74 Å². The first-order valence-corrected chi connectivity index (χ1v) is 11.4. The van der Waals surface area contributed by atoms with Gasteiger partial charge in [0.1, 0.15) is 12.0 Å². The minimum atomic E-state index is 0. The lowest BCUT2D eigenvalue weighted by Gasteiger charge is -2.43. The summed E-state index contributed by atoms with van der Waals surface area (Å²) in [5.74, 6) is 0.708. The van der Waals surface area contributed by atoms with Gasteiger partial charge in [0.05, 0.1) is 12.2 Å². The van der Waals surface area contributed by atoms with E-state index in [0.717, 1.165) is 43.2 Å². The molecule has 0 N–H and O–H groups in total. The summed E-state index contributed by atoms with van der Waals surface area (Å²) in [6.45, 7) is 6.51. The summed E-state index contributed by atoms with van der Waals surface area (Å²) in [5.41, 5.74) is 3.31. The van der Waals surface area contributed by atoms with Gasteiger partial charge in [-0.3, -0.25) is 0 Å². The smallest absolute Gasteiger partial charge is 0.191 e. The maximum Gasteiger partial charge on any atom is 0.191 e. The van der Waals surface area contributed by atoms with Crippen LogP contribution in [0, 0.1) is 6.92 Å². The van der Waals surface area contributed by atoms with Crippen molar-refractivity contribution in [1.82, 2.24) is 9.88 Å². The number of piperidine rings is 2. The third kappa shape index (κ3) is 4.84. The summed E-state index contributed by atoms with van der Waals surface area (Å²) >= 11 is 0. The Kier molecular flexibility index (Phi) is 7.01. The molecule has 6 heteroatoms. The van der Waals surface area contributed by atoms with Crippen LogP contribution in [0.3, 0.4) is 0 Å². The summed E-state index contributed by atoms with van der Waals surface area (Å²) in [6, 6.07) is 9.59. The highest BCUT2D eigenvalue weighted by molar-refractivity contribution is 5.85. The Morgan fingerprint density at radius 2 is 1.53 bits per heavy atom. The molecule has 0 atom stereocenters. The second-order valence-corrected chi connectivity index (χ2v) is 8.94. The molecule has 0 radical (unpaired) electrons. The first-order valence-electron chi connectivity index (χ1n) is 11.4. The molecule has 1 saturated carbocycles. The van der Waals surface area contributed by atoms with Crippen LogP contribution in [0.15, 0.2) is 34.9 Å². The number of nitrogens with zero attached hydrogens (tertiary/aromatic N) is 3. The summed E-state index contributed by atoms with van der Waals surface area (Å²) < 4.78 is 11.8. The van der Waals surface area contributed by atoms with Gasteiger partial charge in [-0.05, 0) is 50.7 Å². The van der Waals surface area contributed by atoms with E-state index in [0.29, 0.717) is 18.1 Å². The van der Waals surface area contributed by atoms with Crippen LogP contribution >= 0.6 is 12.4 Å². The molecule has 0 unspecified atom stereocenters. The van der Waals surface area contributed by atoms with Crippen LogP contribution in [0.2, 0.25) is 0 Å². The Morgan fingerprint density at radius 3 is 2.07 bits per heavy atom. The number of hydrogen-bond acceptors (Lipinski definition) is 5. The van der Waals surface area contributed by atoms with Gasteiger partial charge in [0.2, 0.25) is 0 Å². The molecule has 0 spiro atoms. The molecular weight excluding hydrogens is 398 g/mol. The van der Waals surface area contributed by atoms with Crippen molar-refractivity contribution in [3.8, 4) is 11.3 Å². The van der Waals surface area contributed by atoms with E-state index in [4.69, 9.17) is 9.15 Å². The fourth-order valence-electron chi connectivity index (χ4n) is 4.99. The monoisotopic (exact) mass is 431 g/mol. The van der Waals surface area contributed by atoms with Gasteiger partial charge >= 0.3 is 0 Å². The lowest BCUT2D eigenvalue weighted by atomic mass is 9.89. The zero-order valence-corrected chi connectivity index (χ0v) is 18.8. The Bertz CT molecular complexity index is 789. The van der Waals surface area contributed by atoms with E-state index in [1.807, 2.05) is 6.92 Å². The number of likely N-dealkylation sites (tertiary alicyclic amines) is 1. The average molecular weight is 432 g/mol. The van der Waals surface area contributed by atoms with E-state index in [9.17, 15) is 0 Å². The van der Waals surface area contributed by atoms with Crippen LogP contribution in [0.1, 0.15) is 50.8 Å². The molecule has 5 rings (SSSR count). The van der Waals surface area contributed by atoms with E-state index in [1.54, 1.807) is 6.26 Å². The van der Waals surface area contributed by atoms with E-state index < -0.39 is 0 Å². The lowest BCUT2D eigenvalue weighted by molar-refractivity contribution is -0.0598. The van der Waals surface area contributed by atoms with Gasteiger partial charge in [-0.25, -0.2) is 4.98 Å². The van der Waals surface area contributed by atoms with E-state index in [1.165, 1.54) is 50.9 Å². The molecule has 3 fully saturated rings. The molecule has 0 bridgehead atoms. The number of halogens is 1. The minimum absolute atomic E-state index is 0. The van der Waals surface area contributed by atoms with E-state index in [2.05, 4.69) is 39.0 Å². The zero-order chi connectivity index (χ0) is 19.6. The Morgan fingerprint density at radius 1 is 0.900 bits per heavy atom. The van der Waals surface area contributed by atoms with Crippen molar-refractivity contribution < 1.29 is 9.15 Å². The van der Waals surface area contributed by atoms with Crippen LogP contribution in [0.25, 0.3) is 11.3 Å². The third-order valence-corrected chi connectivity index (χ3v) is 7.04. The molecule has 1 aromatic heterocycles. The molecule has 164 valence electrons. The minimum Gasteiger partial charge on any atom is -0.449 e. The van der Waals surface area contributed by atoms with Gasteiger partial charge in [-0.1, -0.05) is 18.6 Å². The summed E-state index contributed by atoms with van der Waals surface area (Å²) in [5, 5.41) is 0. The Labute approximate surface area is 186 Å². The van der Waals surface area contributed by atoms with Crippen molar-refractivity contribution in [1.29, 1.82) is 0 Å². The summed E-state index contributed by atoms with van der Waals surface area (Å²) in [7, 11) is 0. The van der Waals surface area contributed by atoms with Gasteiger partial charge in [-0.15, -0.1) is 12.4 Å². The van der Waals surface area contributed by atoms with Crippen molar-refractivity contribution in [2.75, 3.05) is 31.1 Å². The summed E-state index contributed by atoms with van der Waals surface area (Å²) in [6.07, 6.45) is 11.6. The van der Waals surface area contributed by atoms with Crippen LogP contribution < -0.4 is 4.90 Å². The molecule has 3 heterocycles. The Balaban J connectivity index is 0.00000218. The molecule has 2 aliphatic heterocycles. The average Bonchev–Trinajstić information content (AvgIpc) is 3.15. The van der Waals surface area contributed by atoms with Crippen LogP contribution in [-0.4, -0.2) is 54.3 Å². The highest BCUT2D eigenvalue weighted by Gasteiger charge is 2.30. The van der Waals surface area contributed by atoms with E-state index in [-0.39, 0.29) is 12.4 Å². The SMILES string of the molecule is Cc1nc(-c2ccc(N3CCC(OC4CCN(C5CCC5)CC4)CC3)cc2)co1.Cl. The molecular formula is C24H34ClN3O2. The second-order valence-electron chi connectivity index (χ2n) is 8.94. The van der Waals surface area contributed by atoms with Gasteiger partial charge < -0.3 is 19.0 Å². The largest absolute Gasteiger partial charge is 0.449 e. The standard InChI is InChI=1S/C24H33N3O2.ClH/c1-18-25-24(17-28-18)19-5-7-21(8-6-19)27-15-11-23(12-16-27)29-22-9-13-26(14-10-22)20-3-2-4-20;/h5-8,17,20,22-23H,2-4,9-16H2,1H3;1H. The number of ether oxygens (including phenoxy) is 1.